The quantitative estimate of drug-likeness (QED) is 0.914. The van der Waals surface area contributed by atoms with Crippen LogP contribution in [0.4, 0.5) is 5.69 Å². The molecular formula is C19H28N2O. The monoisotopic (exact) mass is 300 g/mol. The van der Waals surface area contributed by atoms with Crippen LogP contribution in [-0.4, -0.2) is 29.4 Å². The first kappa shape index (κ1) is 15.5. The topological polar surface area (TPSA) is 32.3 Å². The highest BCUT2D eigenvalue weighted by atomic mass is 16.2. The van der Waals surface area contributed by atoms with Crippen LogP contribution in [0.1, 0.15) is 50.2 Å². The largest absolute Gasteiger partial charge is 0.325 e. The molecule has 1 N–H and O–H groups in total. The van der Waals surface area contributed by atoms with Gasteiger partial charge in [0.05, 0.1) is 5.92 Å². The average molecular weight is 300 g/mol. The summed E-state index contributed by atoms with van der Waals surface area (Å²) in [6.07, 6.45) is 5.78. The van der Waals surface area contributed by atoms with E-state index in [2.05, 4.69) is 43.1 Å². The summed E-state index contributed by atoms with van der Waals surface area (Å²) in [7, 11) is 0. The Morgan fingerprint density at radius 3 is 2.36 bits per heavy atom. The number of amides is 1. The van der Waals surface area contributed by atoms with Gasteiger partial charge in [-0.2, -0.15) is 0 Å². The van der Waals surface area contributed by atoms with Crippen LogP contribution in [0, 0.1) is 19.8 Å². The van der Waals surface area contributed by atoms with Crippen molar-refractivity contribution in [2.45, 2.75) is 58.4 Å². The van der Waals surface area contributed by atoms with Crippen molar-refractivity contribution < 1.29 is 4.79 Å². The summed E-state index contributed by atoms with van der Waals surface area (Å²) >= 11 is 0. The van der Waals surface area contributed by atoms with Crippen LogP contribution >= 0.6 is 0 Å². The molecule has 1 atom stereocenters. The van der Waals surface area contributed by atoms with E-state index in [1.54, 1.807) is 0 Å². The molecule has 2 saturated heterocycles. The highest BCUT2D eigenvalue weighted by Gasteiger charge is 2.51. The second-order valence-corrected chi connectivity index (χ2v) is 7.01. The van der Waals surface area contributed by atoms with E-state index in [4.69, 9.17) is 0 Å². The van der Waals surface area contributed by atoms with Crippen molar-refractivity contribution >= 4 is 11.6 Å². The zero-order valence-electron chi connectivity index (χ0n) is 14.1. The minimum atomic E-state index is 0.108. The fraction of sp³-hybridized carbons (Fsp3) is 0.632. The minimum absolute atomic E-state index is 0.108. The molecule has 0 radical (unpaired) electrons. The normalized spacial score (nSPS) is 21.6. The van der Waals surface area contributed by atoms with Gasteiger partial charge in [-0.25, -0.2) is 0 Å². The molecule has 2 heterocycles. The highest BCUT2D eigenvalue weighted by molar-refractivity contribution is 5.95. The van der Waals surface area contributed by atoms with Crippen molar-refractivity contribution in [3.05, 3.63) is 29.3 Å². The number of rotatable bonds is 4. The van der Waals surface area contributed by atoms with Crippen molar-refractivity contribution in [1.29, 1.82) is 0 Å². The minimum Gasteiger partial charge on any atom is -0.325 e. The Balaban J connectivity index is 1.84. The molecule has 2 aliphatic heterocycles. The third-order valence-electron chi connectivity index (χ3n) is 5.81. The van der Waals surface area contributed by atoms with Gasteiger partial charge in [-0.05, 0) is 70.2 Å². The lowest BCUT2D eigenvalue weighted by molar-refractivity contribution is -0.124. The highest BCUT2D eigenvalue weighted by Crippen LogP contribution is 2.45. The third kappa shape index (κ3) is 2.45. The van der Waals surface area contributed by atoms with E-state index in [-0.39, 0.29) is 17.4 Å². The summed E-state index contributed by atoms with van der Waals surface area (Å²) < 4.78 is 0. The Labute approximate surface area is 134 Å². The number of hydrogen-bond acceptors (Lipinski definition) is 2. The number of carbonyl (C=O) groups excluding carboxylic acids is 1. The third-order valence-corrected chi connectivity index (χ3v) is 5.81. The zero-order chi connectivity index (χ0) is 15.7. The molecule has 0 aromatic heterocycles. The standard InChI is InChI=1S/C19H28N2O/c1-4-16(19-10-6-12-21(19)13-7-11-19)18(22)20-17-14(2)8-5-9-15(17)3/h5,8-9,16H,4,6-7,10-13H2,1-3H3,(H,20,22). The van der Waals surface area contributed by atoms with Crippen molar-refractivity contribution in [2.75, 3.05) is 18.4 Å². The molecule has 2 fully saturated rings. The van der Waals surface area contributed by atoms with E-state index in [0.29, 0.717) is 0 Å². The first-order valence-electron chi connectivity index (χ1n) is 8.70. The van der Waals surface area contributed by atoms with Crippen LogP contribution in [-0.2, 0) is 4.79 Å². The summed E-state index contributed by atoms with van der Waals surface area (Å²) in [5, 5.41) is 3.25. The van der Waals surface area contributed by atoms with Crippen LogP contribution in [0.2, 0.25) is 0 Å². The fourth-order valence-electron chi connectivity index (χ4n) is 4.75. The Morgan fingerprint density at radius 2 is 1.82 bits per heavy atom. The molecule has 0 saturated carbocycles. The molecule has 3 rings (SSSR count). The summed E-state index contributed by atoms with van der Waals surface area (Å²) in [6.45, 7) is 8.65. The maximum Gasteiger partial charge on any atom is 0.229 e. The SMILES string of the molecule is CCC(C(=O)Nc1c(C)cccc1C)C12CCCN1CCC2. The lowest BCUT2D eigenvalue weighted by atomic mass is 9.78. The van der Waals surface area contributed by atoms with Crippen molar-refractivity contribution in [1.82, 2.24) is 4.90 Å². The average Bonchev–Trinajstić information content (AvgIpc) is 3.04. The number of nitrogens with one attached hydrogen (secondary N) is 1. The van der Waals surface area contributed by atoms with Gasteiger partial charge in [-0.15, -0.1) is 0 Å². The molecule has 1 aromatic rings. The van der Waals surface area contributed by atoms with Crippen molar-refractivity contribution in [2.24, 2.45) is 5.92 Å². The lowest BCUT2D eigenvalue weighted by Gasteiger charge is -2.38. The van der Waals surface area contributed by atoms with E-state index in [1.165, 1.54) is 38.8 Å². The molecule has 1 aromatic carbocycles. The molecule has 0 spiro atoms. The first-order valence-corrected chi connectivity index (χ1v) is 8.70. The van der Waals surface area contributed by atoms with Crippen LogP contribution < -0.4 is 5.32 Å². The second-order valence-electron chi connectivity index (χ2n) is 7.01. The Bertz CT molecular complexity index is 536. The van der Waals surface area contributed by atoms with Crippen LogP contribution in [0.15, 0.2) is 18.2 Å². The maximum atomic E-state index is 13.0. The number of carbonyl (C=O) groups is 1. The number of para-hydroxylation sites is 1. The van der Waals surface area contributed by atoms with Gasteiger partial charge in [-0.1, -0.05) is 25.1 Å². The fourth-order valence-corrected chi connectivity index (χ4v) is 4.75. The summed E-state index contributed by atoms with van der Waals surface area (Å²) in [5.74, 6) is 0.324. The molecule has 1 amide bonds. The summed E-state index contributed by atoms with van der Waals surface area (Å²) in [5.41, 5.74) is 3.44. The molecule has 1 unspecified atom stereocenters. The molecule has 22 heavy (non-hydrogen) atoms. The Morgan fingerprint density at radius 1 is 1.23 bits per heavy atom. The molecular weight excluding hydrogens is 272 g/mol. The smallest absolute Gasteiger partial charge is 0.229 e. The summed E-state index contributed by atoms with van der Waals surface area (Å²) in [4.78, 5) is 15.6. The molecule has 2 aliphatic rings. The van der Waals surface area contributed by atoms with Crippen LogP contribution in [0.3, 0.4) is 0 Å². The van der Waals surface area contributed by atoms with Gasteiger partial charge in [0.25, 0.3) is 0 Å². The number of hydrogen-bond donors (Lipinski definition) is 1. The van der Waals surface area contributed by atoms with Crippen molar-refractivity contribution in [3.63, 3.8) is 0 Å². The maximum absolute atomic E-state index is 13.0. The van der Waals surface area contributed by atoms with Gasteiger partial charge >= 0.3 is 0 Å². The van der Waals surface area contributed by atoms with E-state index >= 15 is 0 Å². The second kappa shape index (κ2) is 6.04. The number of fused-ring (bicyclic) bond motifs is 1. The predicted molar refractivity (Wildman–Crippen MR) is 91.1 cm³/mol. The van der Waals surface area contributed by atoms with Crippen LogP contribution in [0.25, 0.3) is 0 Å². The van der Waals surface area contributed by atoms with Gasteiger partial charge < -0.3 is 5.32 Å². The molecule has 120 valence electrons. The predicted octanol–water partition coefficient (Wildman–Crippen LogP) is 3.90. The Hall–Kier alpha value is -1.35. The summed E-state index contributed by atoms with van der Waals surface area (Å²) in [6, 6.07) is 6.19. The van der Waals surface area contributed by atoms with Gasteiger partial charge in [-0.3, -0.25) is 9.69 Å². The van der Waals surface area contributed by atoms with E-state index in [0.717, 1.165) is 23.2 Å². The van der Waals surface area contributed by atoms with Gasteiger partial charge in [0.15, 0.2) is 0 Å². The molecule has 0 aliphatic carbocycles. The van der Waals surface area contributed by atoms with E-state index in [1.807, 2.05) is 6.07 Å². The van der Waals surface area contributed by atoms with Gasteiger partial charge in [0.2, 0.25) is 5.91 Å². The first-order chi connectivity index (χ1) is 10.6. The van der Waals surface area contributed by atoms with E-state index < -0.39 is 0 Å². The number of aryl methyl sites for hydroxylation is 2. The lowest BCUT2D eigenvalue weighted by Crippen LogP contribution is -2.49. The molecule has 0 bridgehead atoms. The number of nitrogens with zero attached hydrogens (tertiary/aromatic N) is 1. The molecule has 3 heteroatoms. The Kier molecular flexibility index (Phi) is 4.26. The van der Waals surface area contributed by atoms with Crippen LogP contribution in [0.5, 0.6) is 0 Å². The van der Waals surface area contributed by atoms with E-state index in [9.17, 15) is 4.79 Å². The zero-order valence-corrected chi connectivity index (χ0v) is 14.1. The van der Waals surface area contributed by atoms with Gasteiger partial charge in [0, 0.05) is 11.2 Å². The number of benzene rings is 1. The molecule has 3 nitrogen and oxygen atoms in total. The number of anilines is 1. The van der Waals surface area contributed by atoms with Gasteiger partial charge in [0.1, 0.15) is 0 Å². The van der Waals surface area contributed by atoms with Crippen molar-refractivity contribution in [3.8, 4) is 0 Å².